The Hall–Kier alpha value is -0.230. The zero-order chi connectivity index (χ0) is 11.9. The van der Waals surface area contributed by atoms with Crippen LogP contribution in [0, 0.1) is 11.8 Å². The van der Waals surface area contributed by atoms with Gasteiger partial charge in [0.15, 0.2) is 6.67 Å². The highest BCUT2D eigenvalue weighted by Gasteiger charge is 2.53. The molecule has 0 amide bonds. The van der Waals surface area contributed by atoms with Crippen molar-refractivity contribution in [1.29, 1.82) is 0 Å². The summed E-state index contributed by atoms with van der Waals surface area (Å²) in [6.45, 7) is 8.41. The van der Waals surface area contributed by atoms with Gasteiger partial charge in [-0.3, -0.25) is 4.90 Å². The Balaban J connectivity index is 2.37. The van der Waals surface area contributed by atoms with Crippen LogP contribution >= 0.6 is 36.2 Å². The van der Waals surface area contributed by atoms with Gasteiger partial charge in [-0.1, -0.05) is 36.6 Å². The van der Waals surface area contributed by atoms with Crippen molar-refractivity contribution in [1.82, 2.24) is 4.90 Å². The van der Waals surface area contributed by atoms with E-state index in [4.69, 9.17) is 24.4 Å². The van der Waals surface area contributed by atoms with E-state index in [1.165, 1.54) is 0 Å². The van der Waals surface area contributed by atoms with E-state index in [1.54, 1.807) is 0 Å². The lowest BCUT2D eigenvalue weighted by Gasteiger charge is -2.18. The van der Waals surface area contributed by atoms with E-state index in [9.17, 15) is 0 Å². The molecule has 0 bridgehead atoms. The number of hydrogen-bond acceptors (Lipinski definition) is 3. The van der Waals surface area contributed by atoms with E-state index in [2.05, 4.69) is 18.9 Å². The van der Waals surface area contributed by atoms with Crippen LogP contribution in [0.3, 0.4) is 0 Å². The molecule has 0 aliphatic carbocycles. The van der Waals surface area contributed by atoms with Crippen molar-refractivity contribution in [3.63, 3.8) is 0 Å². The number of likely N-dealkylation sites (tertiary alicyclic amines) is 1. The number of thiocarbonyl (C=S) groups is 2. The number of fused-ring (bicyclic) bond motifs is 1. The molecule has 4 atom stereocenters. The van der Waals surface area contributed by atoms with Gasteiger partial charge >= 0.3 is 0 Å². The smallest absolute Gasteiger partial charge is 0.155 e. The first-order valence-corrected chi connectivity index (χ1v) is 6.96. The number of rotatable bonds is 3. The molecule has 2 saturated heterocycles. The fourth-order valence-electron chi connectivity index (χ4n) is 2.44. The third-order valence-corrected chi connectivity index (χ3v) is 5.78. The van der Waals surface area contributed by atoms with Gasteiger partial charge in [0.2, 0.25) is 0 Å². The predicted octanol–water partition coefficient (Wildman–Crippen LogP) is 1.24. The van der Waals surface area contributed by atoms with Crippen LogP contribution in [-0.2, 0) is 0 Å². The number of nitrogens with zero attached hydrogens (tertiary/aromatic N) is 1. The summed E-state index contributed by atoms with van der Waals surface area (Å²) < 4.78 is 0. The van der Waals surface area contributed by atoms with Crippen LogP contribution in [0.15, 0.2) is 25.3 Å². The van der Waals surface area contributed by atoms with Gasteiger partial charge in [-0.15, -0.1) is 24.9 Å². The van der Waals surface area contributed by atoms with E-state index >= 15 is 0 Å². The molecular weight excluding hydrogens is 256 g/mol. The fraction of sp³-hybridized carbons (Fsp3) is 0.455. The van der Waals surface area contributed by atoms with E-state index in [1.807, 2.05) is 28.8 Å². The SMILES string of the molecule is C=CC1SC(C=C)C2C(=S)N(C[NH3+])C(=S)C12. The molecule has 2 heterocycles. The highest BCUT2D eigenvalue weighted by Crippen LogP contribution is 2.49. The van der Waals surface area contributed by atoms with Gasteiger partial charge in [0.05, 0.1) is 9.98 Å². The van der Waals surface area contributed by atoms with Gasteiger partial charge in [0, 0.05) is 22.3 Å². The first kappa shape index (κ1) is 12.2. The zero-order valence-corrected chi connectivity index (χ0v) is 11.4. The van der Waals surface area contributed by atoms with E-state index < -0.39 is 0 Å². The quantitative estimate of drug-likeness (QED) is 0.618. The van der Waals surface area contributed by atoms with Gasteiger partial charge in [-0.05, 0) is 0 Å². The molecule has 0 radical (unpaired) electrons. The summed E-state index contributed by atoms with van der Waals surface area (Å²) in [5.74, 6) is 0.629. The molecule has 0 aromatic rings. The Labute approximate surface area is 111 Å². The van der Waals surface area contributed by atoms with Crippen LogP contribution < -0.4 is 5.73 Å². The molecule has 0 spiro atoms. The maximum absolute atomic E-state index is 5.50. The second-order valence-corrected chi connectivity index (χ2v) is 6.11. The molecule has 4 unspecified atom stereocenters. The molecule has 5 heteroatoms. The van der Waals surface area contributed by atoms with Crippen LogP contribution in [0.1, 0.15) is 0 Å². The summed E-state index contributed by atoms with van der Waals surface area (Å²) in [7, 11) is 0. The van der Waals surface area contributed by atoms with E-state index in [0.717, 1.165) is 9.98 Å². The fourth-order valence-corrected chi connectivity index (χ4v) is 5.16. The Kier molecular flexibility index (Phi) is 3.49. The van der Waals surface area contributed by atoms with Crippen molar-refractivity contribution in [2.45, 2.75) is 10.5 Å². The maximum atomic E-state index is 5.50. The van der Waals surface area contributed by atoms with Gasteiger partial charge in [-0.25, -0.2) is 0 Å². The second-order valence-electron chi connectivity index (χ2n) is 3.92. The molecule has 0 aromatic heterocycles. The first-order valence-electron chi connectivity index (χ1n) is 5.20. The lowest BCUT2D eigenvalue weighted by Crippen LogP contribution is -2.60. The van der Waals surface area contributed by atoms with Gasteiger partial charge in [-0.2, -0.15) is 0 Å². The molecular formula is C11H15N2S3+. The summed E-state index contributed by atoms with van der Waals surface area (Å²) in [5.41, 5.74) is 3.89. The molecule has 2 fully saturated rings. The van der Waals surface area contributed by atoms with E-state index in [0.29, 0.717) is 29.0 Å². The number of quaternary nitrogens is 1. The summed E-state index contributed by atoms with van der Waals surface area (Å²) in [6.07, 6.45) is 3.96. The van der Waals surface area contributed by atoms with Crippen LogP contribution in [0.5, 0.6) is 0 Å². The van der Waals surface area contributed by atoms with Crippen molar-refractivity contribution in [2.75, 3.05) is 6.67 Å². The van der Waals surface area contributed by atoms with Crippen molar-refractivity contribution in [3.05, 3.63) is 25.3 Å². The predicted molar refractivity (Wildman–Crippen MR) is 77.3 cm³/mol. The highest BCUT2D eigenvalue weighted by atomic mass is 32.2. The molecule has 3 N–H and O–H groups in total. The first-order chi connectivity index (χ1) is 7.65. The molecule has 0 saturated carbocycles. The second kappa shape index (κ2) is 4.56. The van der Waals surface area contributed by atoms with Crippen LogP contribution in [-0.4, -0.2) is 32.0 Å². The summed E-state index contributed by atoms with van der Waals surface area (Å²) in [4.78, 5) is 3.87. The summed E-state index contributed by atoms with van der Waals surface area (Å²) >= 11 is 12.9. The topological polar surface area (TPSA) is 30.9 Å². The van der Waals surface area contributed by atoms with Gasteiger partial charge < -0.3 is 5.73 Å². The highest BCUT2D eigenvalue weighted by molar-refractivity contribution is 8.01. The number of hydrogen-bond donors (Lipinski definition) is 1. The monoisotopic (exact) mass is 271 g/mol. The molecule has 2 aliphatic heterocycles. The minimum Gasteiger partial charge on any atom is -0.340 e. The van der Waals surface area contributed by atoms with Crippen molar-refractivity contribution in [3.8, 4) is 0 Å². The minimum atomic E-state index is 0.315. The number of thioether (sulfide) groups is 1. The Morgan fingerprint density at radius 1 is 1.19 bits per heavy atom. The molecule has 2 nitrogen and oxygen atoms in total. The molecule has 2 aliphatic rings. The molecule has 0 aromatic carbocycles. The van der Waals surface area contributed by atoms with Gasteiger partial charge in [0.1, 0.15) is 0 Å². The average molecular weight is 271 g/mol. The van der Waals surface area contributed by atoms with Crippen LogP contribution in [0.2, 0.25) is 0 Å². The Bertz CT molecular complexity index is 334. The van der Waals surface area contributed by atoms with Crippen molar-refractivity contribution < 1.29 is 5.73 Å². The lowest BCUT2D eigenvalue weighted by atomic mass is 9.90. The third kappa shape index (κ3) is 1.57. The summed E-state index contributed by atoms with van der Waals surface area (Å²) in [6, 6.07) is 0. The van der Waals surface area contributed by atoms with Gasteiger partial charge in [0.25, 0.3) is 0 Å². The standard InChI is InChI=1S/C11H14N2S3/c1-3-6-8-9(7(4-2)16-6)11(15)13(5-12)10(8)14/h3-4,6-9H,1-2,5,12H2/p+1. The van der Waals surface area contributed by atoms with Crippen LogP contribution in [0.25, 0.3) is 0 Å². The maximum Gasteiger partial charge on any atom is 0.155 e. The molecule has 86 valence electrons. The molecule has 16 heavy (non-hydrogen) atoms. The van der Waals surface area contributed by atoms with Crippen molar-refractivity contribution in [2.24, 2.45) is 11.8 Å². The average Bonchev–Trinajstić information content (AvgIpc) is 2.77. The Morgan fingerprint density at radius 3 is 1.94 bits per heavy atom. The third-order valence-electron chi connectivity index (χ3n) is 3.20. The minimum absolute atomic E-state index is 0.315. The van der Waals surface area contributed by atoms with E-state index in [-0.39, 0.29) is 0 Å². The lowest BCUT2D eigenvalue weighted by molar-refractivity contribution is -0.386. The van der Waals surface area contributed by atoms with Crippen LogP contribution in [0.4, 0.5) is 0 Å². The zero-order valence-electron chi connectivity index (χ0n) is 8.96. The normalized spacial score (nSPS) is 37.7. The summed E-state index contributed by atoms with van der Waals surface area (Å²) in [5, 5.41) is 0.713. The van der Waals surface area contributed by atoms with Crippen molar-refractivity contribution >= 4 is 46.2 Å². The largest absolute Gasteiger partial charge is 0.340 e. The Morgan fingerprint density at radius 2 is 1.62 bits per heavy atom. The molecule has 2 rings (SSSR count).